The SMILES string of the molecule is CCOC(=O)COCCN1CCN(CC)CC1. The molecule has 0 atom stereocenters. The van der Waals surface area contributed by atoms with Gasteiger partial charge in [-0.15, -0.1) is 0 Å². The van der Waals surface area contributed by atoms with Gasteiger partial charge in [0.05, 0.1) is 13.2 Å². The fraction of sp³-hybridized carbons (Fsp3) is 0.917. The highest BCUT2D eigenvalue weighted by molar-refractivity contribution is 5.70. The average molecular weight is 244 g/mol. The van der Waals surface area contributed by atoms with Gasteiger partial charge in [-0.3, -0.25) is 4.90 Å². The average Bonchev–Trinajstić information content (AvgIpc) is 2.36. The van der Waals surface area contributed by atoms with Gasteiger partial charge in [0.25, 0.3) is 0 Å². The summed E-state index contributed by atoms with van der Waals surface area (Å²) in [5, 5.41) is 0. The van der Waals surface area contributed by atoms with E-state index in [4.69, 9.17) is 9.47 Å². The van der Waals surface area contributed by atoms with Gasteiger partial charge >= 0.3 is 5.97 Å². The molecule has 5 heteroatoms. The van der Waals surface area contributed by atoms with E-state index in [2.05, 4.69) is 16.7 Å². The van der Waals surface area contributed by atoms with Crippen LogP contribution in [0.4, 0.5) is 0 Å². The molecule has 0 bridgehead atoms. The van der Waals surface area contributed by atoms with Crippen LogP contribution in [0, 0.1) is 0 Å². The monoisotopic (exact) mass is 244 g/mol. The summed E-state index contributed by atoms with van der Waals surface area (Å²) in [5.74, 6) is -0.275. The highest BCUT2D eigenvalue weighted by atomic mass is 16.6. The number of hydrogen-bond acceptors (Lipinski definition) is 5. The summed E-state index contributed by atoms with van der Waals surface area (Å²) in [5.41, 5.74) is 0. The number of carbonyl (C=O) groups is 1. The molecular formula is C12H24N2O3. The van der Waals surface area contributed by atoms with E-state index in [0.717, 1.165) is 39.3 Å². The van der Waals surface area contributed by atoms with Crippen molar-refractivity contribution in [3.05, 3.63) is 0 Å². The minimum Gasteiger partial charge on any atom is -0.464 e. The largest absolute Gasteiger partial charge is 0.464 e. The second-order valence-corrected chi connectivity index (χ2v) is 4.13. The number of rotatable bonds is 7. The maximum Gasteiger partial charge on any atom is 0.332 e. The molecule has 0 aromatic carbocycles. The van der Waals surface area contributed by atoms with Gasteiger partial charge in [0.2, 0.25) is 0 Å². The fourth-order valence-corrected chi connectivity index (χ4v) is 1.88. The molecule has 0 aromatic rings. The molecule has 0 radical (unpaired) electrons. The van der Waals surface area contributed by atoms with Gasteiger partial charge in [0.1, 0.15) is 6.61 Å². The second kappa shape index (κ2) is 8.44. The van der Waals surface area contributed by atoms with Crippen molar-refractivity contribution in [2.45, 2.75) is 13.8 Å². The Balaban J connectivity index is 1.98. The lowest BCUT2D eigenvalue weighted by molar-refractivity contribution is -0.148. The van der Waals surface area contributed by atoms with E-state index in [1.165, 1.54) is 0 Å². The van der Waals surface area contributed by atoms with E-state index in [1.54, 1.807) is 6.92 Å². The second-order valence-electron chi connectivity index (χ2n) is 4.13. The predicted molar refractivity (Wildman–Crippen MR) is 66.0 cm³/mol. The summed E-state index contributed by atoms with van der Waals surface area (Å²) in [6.45, 7) is 11.6. The Hall–Kier alpha value is -0.650. The normalized spacial score (nSPS) is 18.2. The number of carbonyl (C=O) groups excluding carboxylic acids is 1. The lowest BCUT2D eigenvalue weighted by atomic mass is 10.3. The zero-order valence-corrected chi connectivity index (χ0v) is 11.0. The van der Waals surface area contributed by atoms with E-state index in [-0.39, 0.29) is 12.6 Å². The number of esters is 1. The molecule has 1 rings (SSSR count). The molecule has 100 valence electrons. The highest BCUT2D eigenvalue weighted by Crippen LogP contribution is 2.00. The Morgan fingerprint density at radius 3 is 2.35 bits per heavy atom. The summed E-state index contributed by atoms with van der Waals surface area (Å²) in [6, 6.07) is 0. The van der Waals surface area contributed by atoms with Crippen molar-refractivity contribution in [2.24, 2.45) is 0 Å². The first-order valence-electron chi connectivity index (χ1n) is 6.44. The Kier molecular flexibility index (Phi) is 7.16. The highest BCUT2D eigenvalue weighted by Gasteiger charge is 2.14. The summed E-state index contributed by atoms with van der Waals surface area (Å²) in [4.78, 5) is 15.8. The first-order valence-corrected chi connectivity index (χ1v) is 6.44. The van der Waals surface area contributed by atoms with Crippen LogP contribution in [0.2, 0.25) is 0 Å². The zero-order valence-electron chi connectivity index (χ0n) is 11.0. The third-order valence-electron chi connectivity index (χ3n) is 2.99. The summed E-state index contributed by atoms with van der Waals surface area (Å²) < 4.78 is 10.1. The Morgan fingerprint density at radius 1 is 1.12 bits per heavy atom. The topological polar surface area (TPSA) is 42.0 Å². The first-order chi connectivity index (χ1) is 8.26. The summed E-state index contributed by atoms with van der Waals surface area (Å²) in [6.07, 6.45) is 0. The third-order valence-corrected chi connectivity index (χ3v) is 2.99. The van der Waals surface area contributed by atoms with E-state index >= 15 is 0 Å². The number of ether oxygens (including phenoxy) is 2. The van der Waals surface area contributed by atoms with Crippen LogP contribution in [-0.2, 0) is 14.3 Å². The van der Waals surface area contributed by atoms with E-state index < -0.39 is 0 Å². The summed E-state index contributed by atoms with van der Waals surface area (Å²) >= 11 is 0. The molecule has 0 N–H and O–H groups in total. The minimum atomic E-state index is -0.275. The molecule has 0 amide bonds. The lowest BCUT2D eigenvalue weighted by Gasteiger charge is -2.33. The Labute approximate surface area is 104 Å². The van der Waals surface area contributed by atoms with Crippen molar-refractivity contribution >= 4 is 5.97 Å². The zero-order chi connectivity index (χ0) is 12.5. The van der Waals surface area contributed by atoms with Crippen LogP contribution in [0.5, 0.6) is 0 Å². The third kappa shape index (κ3) is 6.00. The van der Waals surface area contributed by atoms with Gasteiger partial charge in [-0.25, -0.2) is 4.79 Å². The quantitative estimate of drug-likeness (QED) is 0.473. The van der Waals surface area contributed by atoms with E-state index in [1.807, 2.05) is 0 Å². The lowest BCUT2D eigenvalue weighted by Crippen LogP contribution is -2.47. The van der Waals surface area contributed by atoms with Crippen molar-refractivity contribution in [1.82, 2.24) is 9.80 Å². The Morgan fingerprint density at radius 2 is 1.76 bits per heavy atom. The molecule has 0 aromatic heterocycles. The van der Waals surface area contributed by atoms with Gasteiger partial charge in [-0.05, 0) is 13.5 Å². The number of nitrogens with zero attached hydrogens (tertiary/aromatic N) is 2. The van der Waals surface area contributed by atoms with Crippen LogP contribution in [0.15, 0.2) is 0 Å². The summed E-state index contributed by atoms with van der Waals surface area (Å²) in [7, 11) is 0. The van der Waals surface area contributed by atoms with Gasteiger partial charge in [-0.1, -0.05) is 6.92 Å². The molecular weight excluding hydrogens is 220 g/mol. The van der Waals surface area contributed by atoms with Gasteiger partial charge < -0.3 is 14.4 Å². The molecule has 1 aliphatic rings. The van der Waals surface area contributed by atoms with Crippen LogP contribution in [-0.4, -0.2) is 74.9 Å². The van der Waals surface area contributed by atoms with Crippen molar-refractivity contribution < 1.29 is 14.3 Å². The number of piperazine rings is 1. The van der Waals surface area contributed by atoms with Crippen LogP contribution in [0.1, 0.15) is 13.8 Å². The van der Waals surface area contributed by atoms with E-state index in [0.29, 0.717) is 13.2 Å². The standard InChI is InChI=1S/C12H24N2O3/c1-3-13-5-7-14(8-6-13)9-10-16-11-12(15)17-4-2/h3-11H2,1-2H3. The van der Waals surface area contributed by atoms with Crippen molar-refractivity contribution in [3.8, 4) is 0 Å². The molecule has 1 heterocycles. The van der Waals surface area contributed by atoms with Crippen LogP contribution in [0.3, 0.4) is 0 Å². The molecule has 0 spiro atoms. The van der Waals surface area contributed by atoms with Crippen molar-refractivity contribution in [2.75, 3.05) is 59.1 Å². The maximum absolute atomic E-state index is 11.0. The number of likely N-dealkylation sites (N-methyl/N-ethyl adjacent to an activating group) is 1. The molecule has 0 saturated carbocycles. The van der Waals surface area contributed by atoms with Gasteiger partial charge in [0, 0.05) is 32.7 Å². The molecule has 1 aliphatic heterocycles. The maximum atomic E-state index is 11.0. The molecule has 0 aliphatic carbocycles. The van der Waals surface area contributed by atoms with E-state index in [9.17, 15) is 4.79 Å². The minimum absolute atomic E-state index is 0.0722. The van der Waals surface area contributed by atoms with Gasteiger partial charge in [0.15, 0.2) is 0 Å². The van der Waals surface area contributed by atoms with Crippen LogP contribution < -0.4 is 0 Å². The van der Waals surface area contributed by atoms with Crippen LogP contribution >= 0.6 is 0 Å². The molecule has 1 saturated heterocycles. The van der Waals surface area contributed by atoms with Crippen molar-refractivity contribution in [1.29, 1.82) is 0 Å². The molecule has 5 nitrogen and oxygen atoms in total. The van der Waals surface area contributed by atoms with Crippen LogP contribution in [0.25, 0.3) is 0 Å². The first kappa shape index (κ1) is 14.4. The molecule has 17 heavy (non-hydrogen) atoms. The molecule has 0 unspecified atom stereocenters. The predicted octanol–water partition coefficient (Wildman–Crippen LogP) is 0.204. The van der Waals surface area contributed by atoms with Crippen molar-refractivity contribution in [3.63, 3.8) is 0 Å². The fourth-order valence-electron chi connectivity index (χ4n) is 1.88. The van der Waals surface area contributed by atoms with Gasteiger partial charge in [-0.2, -0.15) is 0 Å². The molecule has 1 fully saturated rings. The smallest absolute Gasteiger partial charge is 0.332 e. The Bertz CT molecular complexity index is 216. The number of hydrogen-bond donors (Lipinski definition) is 0.